The molecule has 0 unspecified atom stereocenters. The molecule has 0 saturated heterocycles. The van der Waals surface area contributed by atoms with Crippen LogP contribution in [0.2, 0.25) is 0 Å². The highest BCUT2D eigenvalue weighted by molar-refractivity contribution is 7.89. The van der Waals surface area contributed by atoms with Gasteiger partial charge in [-0.3, -0.25) is 4.98 Å². The Morgan fingerprint density at radius 2 is 1.96 bits per heavy atom. The molecule has 1 aromatic heterocycles. The first kappa shape index (κ1) is 18.4. The summed E-state index contributed by atoms with van der Waals surface area (Å²) in [6.45, 7) is 0.0682. The number of nitrogens with zero attached hydrogens (tertiary/aromatic N) is 1. The van der Waals surface area contributed by atoms with E-state index in [1.54, 1.807) is 24.5 Å². The summed E-state index contributed by atoms with van der Waals surface area (Å²) in [5.74, 6) is 5.42. The minimum Gasteiger partial charge on any atom is -0.479 e. The van der Waals surface area contributed by atoms with Gasteiger partial charge in [-0.25, -0.2) is 13.2 Å². The first-order valence-corrected chi connectivity index (χ1v) is 8.68. The molecule has 1 aromatic carbocycles. The second kappa shape index (κ2) is 8.82. The van der Waals surface area contributed by atoms with Crippen molar-refractivity contribution in [2.75, 3.05) is 20.3 Å². The van der Waals surface area contributed by atoms with Gasteiger partial charge in [0.1, 0.15) is 12.4 Å². The molecule has 2 aromatic rings. The minimum atomic E-state index is -3.70. The number of benzene rings is 1. The highest BCUT2D eigenvalue weighted by atomic mass is 32.2. The summed E-state index contributed by atoms with van der Waals surface area (Å²) in [7, 11) is -2.45. The lowest BCUT2D eigenvalue weighted by Gasteiger charge is -2.05. The Balaban J connectivity index is 1.85. The number of esters is 1. The number of methoxy groups -OCH3 is 1. The van der Waals surface area contributed by atoms with Crippen LogP contribution in [0.5, 0.6) is 5.75 Å². The fourth-order valence-electron chi connectivity index (χ4n) is 1.77. The number of aromatic nitrogens is 1. The molecule has 0 spiro atoms. The molecule has 8 heteroatoms. The predicted octanol–water partition coefficient (Wildman–Crippen LogP) is 1.23. The van der Waals surface area contributed by atoms with Gasteiger partial charge in [-0.15, -0.1) is 0 Å². The monoisotopic (exact) mass is 360 g/mol. The van der Waals surface area contributed by atoms with E-state index in [0.29, 0.717) is 5.75 Å². The largest absolute Gasteiger partial charge is 0.479 e. The van der Waals surface area contributed by atoms with Crippen LogP contribution in [0.3, 0.4) is 0 Å². The van der Waals surface area contributed by atoms with E-state index < -0.39 is 16.0 Å². The summed E-state index contributed by atoms with van der Waals surface area (Å²) < 4.78 is 36.4. The molecule has 130 valence electrons. The van der Waals surface area contributed by atoms with E-state index >= 15 is 0 Å². The number of pyridine rings is 1. The van der Waals surface area contributed by atoms with Crippen LogP contribution in [0.25, 0.3) is 0 Å². The number of carbonyl (C=O) groups is 1. The summed E-state index contributed by atoms with van der Waals surface area (Å²) in [5.41, 5.74) is 0.272. The summed E-state index contributed by atoms with van der Waals surface area (Å²) in [4.78, 5) is 15.3. The molecule has 0 bridgehead atoms. The third kappa shape index (κ3) is 5.60. The SMILES string of the molecule is COC(=O)c1ccc(S(=O)(=O)NCC#CCOc2cccnc2)cc1. The van der Waals surface area contributed by atoms with Crippen molar-refractivity contribution in [3.8, 4) is 17.6 Å². The highest BCUT2D eigenvalue weighted by Gasteiger charge is 2.14. The first-order valence-electron chi connectivity index (χ1n) is 7.19. The number of hydrogen-bond donors (Lipinski definition) is 1. The molecule has 25 heavy (non-hydrogen) atoms. The molecule has 0 radical (unpaired) electrons. The van der Waals surface area contributed by atoms with Crippen LogP contribution in [-0.4, -0.2) is 39.6 Å². The van der Waals surface area contributed by atoms with Crippen LogP contribution >= 0.6 is 0 Å². The zero-order valence-corrected chi connectivity index (χ0v) is 14.2. The Morgan fingerprint density at radius 3 is 2.60 bits per heavy atom. The molecular weight excluding hydrogens is 344 g/mol. The maximum atomic E-state index is 12.1. The van der Waals surface area contributed by atoms with Gasteiger partial charge in [-0.1, -0.05) is 11.8 Å². The molecule has 0 fully saturated rings. The van der Waals surface area contributed by atoms with Crippen molar-refractivity contribution in [3.05, 3.63) is 54.4 Å². The standard InChI is InChI=1S/C17H16N2O5S/c1-23-17(20)14-6-8-16(9-7-14)25(21,22)19-11-2-3-12-24-15-5-4-10-18-13-15/h4-10,13,19H,11-12H2,1H3. The Morgan fingerprint density at radius 1 is 1.20 bits per heavy atom. The normalized spacial score (nSPS) is 10.4. The minimum absolute atomic E-state index is 0.0357. The third-order valence-corrected chi connectivity index (χ3v) is 4.42. The Hall–Kier alpha value is -2.89. The van der Waals surface area contributed by atoms with Crippen LogP contribution in [0.15, 0.2) is 53.7 Å². The molecular formula is C17H16N2O5S. The fraction of sp³-hybridized carbons (Fsp3) is 0.176. The van der Waals surface area contributed by atoms with E-state index in [0.717, 1.165) is 0 Å². The van der Waals surface area contributed by atoms with Gasteiger partial charge >= 0.3 is 5.97 Å². The van der Waals surface area contributed by atoms with Gasteiger partial charge in [0.05, 0.1) is 30.3 Å². The van der Waals surface area contributed by atoms with E-state index in [-0.39, 0.29) is 23.6 Å². The average Bonchev–Trinajstić information content (AvgIpc) is 2.65. The summed E-state index contributed by atoms with van der Waals surface area (Å²) >= 11 is 0. The van der Waals surface area contributed by atoms with E-state index in [9.17, 15) is 13.2 Å². The molecule has 0 amide bonds. The van der Waals surface area contributed by atoms with Crippen LogP contribution in [-0.2, 0) is 14.8 Å². The molecule has 7 nitrogen and oxygen atoms in total. The van der Waals surface area contributed by atoms with Gasteiger partial charge in [0.25, 0.3) is 0 Å². The third-order valence-electron chi connectivity index (χ3n) is 3.01. The van der Waals surface area contributed by atoms with Gasteiger partial charge in [0.2, 0.25) is 10.0 Å². The van der Waals surface area contributed by atoms with Gasteiger partial charge in [0, 0.05) is 6.20 Å². The zero-order chi connectivity index (χ0) is 18.1. The first-order chi connectivity index (χ1) is 12.0. The van der Waals surface area contributed by atoms with Crippen molar-refractivity contribution < 1.29 is 22.7 Å². The van der Waals surface area contributed by atoms with Crippen LogP contribution in [0.1, 0.15) is 10.4 Å². The number of ether oxygens (including phenoxy) is 2. The lowest BCUT2D eigenvalue weighted by atomic mass is 10.2. The smallest absolute Gasteiger partial charge is 0.337 e. The van der Waals surface area contributed by atoms with Crippen LogP contribution < -0.4 is 9.46 Å². The van der Waals surface area contributed by atoms with Crippen molar-refractivity contribution in [1.82, 2.24) is 9.71 Å². The van der Waals surface area contributed by atoms with Gasteiger partial charge < -0.3 is 9.47 Å². The van der Waals surface area contributed by atoms with Gasteiger partial charge in [-0.05, 0) is 36.4 Å². The molecule has 0 atom stereocenters. The summed E-state index contributed by atoms with van der Waals surface area (Å²) in [6.07, 6.45) is 3.19. The van der Waals surface area contributed by atoms with E-state index in [1.165, 1.54) is 31.4 Å². The van der Waals surface area contributed by atoms with E-state index in [4.69, 9.17) is 4.74 Å². The number of carbonyl (C=O) groups excluding carboxylic acids is 1. The van der Waals surface area contributed by atoms with Gasteiger partial charge in [0.15, 0.2) is 0 Å². The van der Waals surface area contributed by atoms with Crippen LogP contribution in [0.4, 0.5) is 0 Å². The molecule has 0 aliphatic heterocycles. The fourth-order valence-corrected chi connectivity index (χ4v) is 2.69. The van der Waals surface area contributed by atoms with Crippen LogP contribution in [0, 0.1) is 11.8 Å². The lowest BCUT2D eigenvalue weighted by Crippen LogP contribution is -2.24. The summed E-state index contributed by atoms with van der Waals surface area (Å²) in [5, 5.41) is 0. The molecule has 0 saturated carbocycles. The average molecular weight is 360 g/mol. The Kier molecular flexibility index (Phi) is 6.51. The molecule has 0 aliphatic carbocycles. The maximum absolute atomic E-state index is 12.1. The second-order valence-corrected chi connectivity index (χ2v) is 6.44. The van der Waals surface area contributed by atoms with Crippen molar-refractivity contribution in [3.63, 3.8) is 0 Å². The van der Waals surface area contributed by atoms with Crippen molar-refractivity contribution in [1.29, 1.82) is 0 Å². The molecule has 1 N–H and O–H groups in total. The number of rotatable bonds is 6. The second-order valence-electron chi connectivity index (χ2n) is 4.67. The molecule has 1 heterocycles. The Labute approximate surface area is 146 Å². The maximum Gasteiger partial charge on any atom is 0.337 e. The Bertz CT molecular complexity index is 869. The number of nitrogens with one attached hydrogen (secondary N) is 1. The van der Waals surface area contributed by atoms with Crippen molar-refractivity contribution >= 4 is 16.0 Å². The zero-order valence-electron chi connectivity index (χ0n) is 13.4. The summed E-state index contributed by atoms with van der Waals surface area (Å²) in [6, 6.07) is 8.90. The number of hydrogen-bond acceptors (Lipinski definition) is 6. The van der Waals surface area contributed by atoms with Crippen molar-refractivity contribution in [2.45, 2.75) is 4.90 Å². The van der Waals surface area contributed by atoms with E-state index in [1.807, 2.05) is 0 Å². The predicted molar refractivity (Wildman–Crippen MR) is 90.5 cm³/mol. The molecule has 2 rings (SSSR count). The number of sulfonamides is 1. The highest BCUT2D eigenvalue weighted by Crippen LogP contribution is 2.11. The topological polar surface area (TPSA) is 94.6 Å². The lowest BCUT2D eigenvalue weighted by molar-refractivity contribution is 0.0600. The van der Waals surface area contributed by atoms with E-state index in [2.05, 4.69) is 26.3 Å². The van der Waals surface area contributed by atoms with Gasteiger partial charge in [-0.2, -0.15) is 4.72 Å². The molecule has 0 aliphatic rings. The van der Waals surface area contributed by atoms with Crippen molar-refractivity contribution in [2.24, 2.45) is 0 Å². The quantitative estimate of drug-likeness (QED) is 0.615.